The number of nitrogens with zero attached hydrogens (tertiary/aromatic N) is 2. The number of thioether (sulfide) groups is 1. The Balaban J connectivity index is 1.32. The summed E-state index contributed by atoms with van der Waals surface area (Å²) in [7, 11) is 0. The molecule has 4 nitrogen and oxygen atoms in total. The summed E-state index contributed by atoms with van der Waals surface area (Å²) in [4.78, 5) is 18.0. The molecule has 0 unspecified atom stereocenters. The Hall–Kier alpha value is -1.30. The average molecular weight is 322 g/mol. The Kier molecular flexibility index (Phi) is 3.33. The maximum absolute atomic E-state index is 14.2. The highest BCUT2D eigenvalue weighted by atomic mass is 32.2. The summed E-state index contributed by atoms with van der Waals surface area (Å²) in [6.45, 7) is 1.31. The number of hydrogen-bond donors (Lipinski definition) is 0. The Morgan fingerprint density at radius 2 is 2.23 bits per heavy atom. The third-order valence-corrected chi connectivity index (χ3v) is 6.45. The molecule has 3 aliphatic rings. The van der Waals surface area contributed by atoms with Gasteiger partial charge in [-0.05, 0) is 25.3 Å². The molecule has 0 aromatic carbocycles. The predicted octanol–water partition coefficient (Wildman–Crippen LogP) is 2.44. The smallest absolute Gasteiger partial charge is 0.260 e. The Labute approximate surface area is 133 Å². The van der Waals surface area contributed by atoms with Crippen molar-refractivity contribution in [1.29, 1.82) is 0 Å². The second-order valence-corrected chi connectivity index (χ2v) is 8.07. The molecule has 1 saturated carbocycles. The first-order valence-corrected chi connectivity index (χ1v) is 8.77. The van der Waals surface area contributed by atoms with Crippen LogP contribution in [0.5, 0.6) is 5.88 Å². The van der Waals surface area contributed by atoms with E-state index in [1.54, 1.807) is 11.1 Å². The monoisotopic (exact) mass is 322 g/mol. The molecular weight excluding hydrogens is 303 g/mol. The summed E-state index contributed by atoms with van der Waals surface area (Å²) in [6, 6.07) is 5.62. The van der Waals surface area contributed by atoms with Crippen LogP contribution < -0.4 is 4.74 Å². The summed E-state index contributed by atoms with van der Waals surface area (Å²) >= 11 is 1.85. The zero-order valence-corrected chi connectivity index (χ0v) is 13.2. The lowest BCUT2D eigenvalue weighted by atomic mass is 9.79. The fraction of sp³-hybridized carbons (Fsp3) is 0.625. The molecule has 0 bridgehead atoms. The van der Waals surface area contributed by atoms with Crippen LogP contribution in [0.4, 0.5) is 4.39 Å². The van der Waals surface area contributed by atoms with Crippen molar-refractivity contribution in [3.63, 3.8) is 0 Å². The molecule has 3 heterocycles. The number of hydrogen-bond acceptors (Lipinski definition) is 4. The van der Waals surface area contributed by atoms with Gasteiger partial charge in [0.15, 0.2) is 5.67 Å². The third kappa shape index (κ3) is 2.37. The maximum atomic E-state index is 14.2. The van der Waals surface area contributed by atoms with Crippen molar-refractivity contribution in [2.24, 2.45) is 0 Å². The number of carbonyl (C=O) groups excluding carboxylic acids is 1. The number of rotatable bonds is 3. The lowest BCUT2D eigenvalue weighted by Gasteiger charge is -2.50. The second kappa shape index (κ2) is 5.11. The van der Waals surface area contributed by atoms with Gasteiger partial charge >= 0.3 is 0 Å². The molecule has 1 atom stereocenters. The molecule has 1 spiro atoms. The van der Waals surface area contributed by atoms with E-state index in [9.17, 15) is 9.18 Å². The van der Waals surface area contributed by atoms with Crippen LogP contribution >= 0.6 is 11.8 Å². The van der Waals surface area contributed by atoms with Crippen molar-refractivity contribution in [3.05, 3.63) is 24.4 Å². The molecule has 6 heteroatoms. The van der Waals surface area contributed by atoms with Gasteiger partial charge in [0.1, 0.15) is 6.10 Å². The van der Waals surface area contributed by atoms with E-state index in [1.165, 1.54) is 0 Å². The van der Waals surface area contributed by atoms with E-state index in [4.69, 9.17) is 4.74 Å². The summed E-state index contributed by atoms with van der Waals surface area (Å²) < 4.78 is 20.1. The lowest BCUT2D eigenvalue weighted by molar-refractivity contribution is -0.155. The van der Waals surface area contributed by atoms with Crippen LogP contribution in [0, 0.1) is 0 Å². The molecule has 2 saturated heterocycles. The number of alkyl halides is 1. The van der Waals surface area contributed by atoms with Crippen LogP contribution in [0.15, 0.2) is 24.4 Å². The molecule has 1 aromatic heterocycles. The third-order valence-electron chi connectivity index (χ3n) is 4.87. The van der Waals surface area contributed by atoms with Crippen LogP contribution in [0.25, 0.3) is 0 Å². The van der Waals surface area contributed by atoms with Gasteiger partial charge in [-0.3, -0.25) is 4.79 Å². The van der Waals surface area contributed by atoms with Crippen molar-refractivity contribution in [3.8, 4) is 5.88 Å². The first-order chi connectivity index (χ1) is 10.6. The van der Waals surface area contributed by atoms with E-state index in [0.29, 0.717) is 31.8 Å². The van der Waals surface area contributed by atoms with Crippen molar-refractivity contribution < 1.29 is 13.9 Å². The van der Waals surface area contributed by atoms with Crippen LogP contribution in [0.3, 0.4) is 0 Å². The van der Waals surface area contributed by atoms with Gasteiger partial charge in [0.05, 0.1) is 4.75 Å². The largest absolute Gasteiger partial charge is 0.473 e. The van der Waals surface area contributed by atoms with Crippen LogP contribution in [-0.4, -0.2) is 51.2 Å². The van der Waals surface area contributed by atoms with Gasteiger partial charge in [0.2, 0.25) is 5.88 Å². The lowest BCUT2D eigenvalue weighted by Crippen LogP contribution is -2.65. The highest BCUT2D eigenvalue weighted by molar-refractivity contribution is 8.01. The number of ether oxygens (including phenoxy) is 1. The number of carbonyl (C=O) groups is 1. The van der Waals surface area contributed by atoms with E-state index in [-0.39, 0.29) is 16.8 Å². The van der Waals surface area contributed by atoms with E-state index >= 15 is 0 Å². The zero-order chi connectivity index (χ0) is 15.2. The predicted molar refractivity (Wildman–Crippen MR) is 82.7 cm³/mol. The minimum Gasteiger partial charge on any atom is -0.473 e. The van der Waals surface area contributed by atoms with Gasteiger partial charge in [-0.25, -0.2) is 9.37 Å². The molecule has 0 radical (unpaired) electrons. The summed E-state index contributed by atoms with van der Waals surface area (Å²) in [5.41, 5.74) is -1.56. The van der Waals surface area contributed by atoms with E-state index in [0.717, 1.165) is 18.6 Å². The van der Waals surface area contributed by atoms with Gasteiger partial charge in [0.25, 0.3) is 5.91 Å². The van der Waals surface area contributed by atoms with Gasteiger partial charge in [-0.15, -0.1) is 11.8 Å². The number of likely N-dealkylation sites (tertiary alicyclic amines) is 1. The van der Waals surface area contributed by atoms with Crippen LogP contribution in [0.2, 0.25) is 0 Å². The summed E-state index contributed by atoms with van der Waals surface area (Å²) in [6.07, 6.45) is 4.37. The summed E-state index contributed by atoms with van der Waals surface area (Å²) in [5.74, 6) is 1.26. The number of aromatic nitrogens is 1. The zero-order valence-electron chi connectivity index (χ0n) is 12.3. The fourth-order valence-corrected chi connectivity index (χ4v) is 4.99. The highest BCUT2D eigenvalue weighted by Gasteiger charge is 2.56. The molecule has 4 rings (SSSR count). The normalized spacial score (nSPS) is 28.0. The van der Waals surface area contributed by atoms with Crippen molar-refractivity contribution in [1.82, 2.24) is 9.88 Å². The Bertz CT molecular complexity index is 573. The van der Waals surface area contributed by atoms with Crippen LogP contribution in [0.1, 0.15) is 25.7 Å². The van der Waals surface area contributed by atoms with Gasteiger partial charge in [0, 0.05) is 37.5 Å². The quantitative estimate of drug-likeness (QED) is 0.857. The fourth-order valence-electron chi connectivity index (χ4n) is 3.46. The topological polar surface area (TPSA) is 42.4 Å². The number of amides is 1. The van der Waals surface area contributed by atoms with Crippen LogP contribution in [-0.2, 0) is 4.79 Å². The van der Waals surface area contributed by atoms with E-state index in [2.05, 4.69) is 4.98 Å². The highest BCUT2D eigenvalue weighted by Crippen LogP contribution is 2.48. The molecule has 118 valence electrons. The second-order valence-electron chi connectivity index (χ2n) is 6.59. The first-order valence-electron chi connectivity index (χ1n) is 7.79. The van der Waals surface area contributed by atoms with Gasteiger partial charge < -0.3 is 9.64 Å². The van der Waals surface area contributed by atoms with Crippen molar-refractivity contribution in [2.45, 2.75) is 42.2 Å². The maximum Gasteiger partial charge on any atom is 0.260 e. The van der Waals surface area contributed by atoms with Crippen molar-refractivity contribution >= 4 is 17.7 Å². The standard InChI is InChI=1S/C16H19FN2O2S/c17-16(5-3-6-16)14(20)19-10-15(11-19)8-12(9-22-15)21-13-4-1-2-7-18-13/h1-2,4,7,12H,3,5-6,8-11H2/t12-/m1/s1. The molecular formula is C16H19FN2O2S. The molecule has 0 N–H and O–H groups in total. The molecule has 22 heavy (non-hydrogen) atoms. The van der Waals surface area contributed by atoms with Gasteiger partial charge in [-0.2, -0.15) is 0 Å². The van der Waals surface area contributed by atoms with E-state index < -0.39 is 5.67 Å². The molecule has 1 aliphatic carbocycles. The molecule has 3 fully saturated rings. The molecule has 1 amide bonds. The minimum absolute atomic E-state index is 0.0647. The molecule has 2 aliphatic heterocycles. The Morgan fingerprint density at radius 1 is 1.41 bits per heavy atom. The Morgan fingerprint density at radius 3 is 2.86 bits per heavy atom. The number of pyridine rings is 1. The first kappa shape index (κ1) is 14.3. The SMILES string of the molecule is O=C(N1CC2(C[C@@H](Oc3ccccn3)CS2)C1)C1(F)CCC1. The average Bonchev–Trinajstić information content (AvgIpc) is 2.88. The van der Waals surface area contributed by atoms with Gasteiger partial charge in [-0.1, -0.05) is 6.07 Å². The van der Waals surface area contributed by atoms with E-state index in [1.807, 2.05) is 30.0 Å². The number of halogens is 1. The molecule has 1 aromatic rings. The summed E-state index contributed by atoms with van der Waals surface area (Å²) in [5, 5.41) is 0. The minimum atomic E-state index is -1.56. The van der Waals surface area contributed by atoms with Crippen molar-refractivity contribution in [2.75, 3.05) is 18.8 Å².